The van der Waals surface area contributed by atoms with E-state index >= 15 is 0 Å². The second kappa shape index (κ2) is 5.92. The summed E-state index contributed by atoms with van der Waals surface area (Å²) < 4.78 is 4.76. The summed E-state index contributed by atoms with van der Waals surface area (Å²) in [6.45, 7) is 1.60. The minimum absolute atomic E-state index is 0.791. The van der Waals surface area contributed by atoms with Crippen LogP contribution in [0.25, 0.3) is 0 Å². The topological polar surface area (TPSA) is 23.3 Å². The maximum atomic E-state index is 4.76. The molecule has 2 heteroatoms. The molecule has 0 aromatic carbocycles. The lowest BCUT2D eigenvalue weighted by atomic mass is 10.5. The third kappa shape index (κ3) is 5.92. The van der Waals surface area contributed by atoms with Crippen LogP contribution in [0.1, 0.15) is 6.42 Å². The molecular formula is C5H11NO-. The molecule has 1 radical (unpaired) electrons. The second-order valence-corrected chi connectivity index (χ2v) is 1.29. The highest BCUT2D eigenvalue weighted by molar-refractivity contribution is 4.39. The number of nitrogens with zero attached hydrogens (tertiary/aromatic N) is 1. The maximum absolute atomic E-state index is 4.76. The second-order valence-electron chi connectivity index (χ2n) is 1.29. The summed E-state index contributed by atoms with van der Waals surface area (Å²) in [5, 5.41) is 3.64. The van der Waals surface area contributed by atoms with Crippen molar-refractivity contribution in [2.24, 2.45) is 0 Å². The van der Waals surface area contributed by atoms with Crippen LogP contribution >= 0.6 is 0 Å². The molecular weight excluding hydrogens is 90.1 g/mol. The van der Waals surface area contributed by atoms with Crippen molar-refractivity contribution in [1.29, 1.82) is 0 Å². The van der Waals surface area contributed by atoms with Crippen LogP contribution in [-0.4, -0.2) is 20.3 Å². The van der Waals surface area contributed by atoms with Gasteiger partial charge in [0.05, 0.1) is 0 Å². The van der Waals surface area contributed by atoms with Gasteiger partial charge in [-0.05, 0) is 13.0 Å². The van der Waals surface area contributed by atoms with E-state index in [0.717, 1.165) is 19.6 Å². The van der Waals surface area contributed by atoms with Gasteiger partial charge in [-0.1, -0.05) is 0 Å². The molecule has 0 aliphatic carbocycles. The zero-order valence-electron chi connectivity index (χ0n) is 4.68. The van der Waals surface area contributed by atoms with Gasteiger partial charge in [0.1, 0.15) is 0 Å². The molecule has 0 aliphatic heterocycles. The standard InChI is InChI=1S/C5H11NO/c1-6-4-3-5-7-2/h1,3-5H2,2H3/q-1. The Hall–Kier alpha value is -0.0800. The highest BCUT2D eigenvalue weighted by atomic mass is 16.5. The zero-order valence-corrected chi connectivity index (χ0v) is 4.68. The van der Waals surface area contributed by atoms with Crippen LogP contribution in [0.15, 0.2) is 0 Å². The predicted octanol–water partition coefficient (Wildman–Crippen LogP) is 0.419. The molecule has 0 rings (SSSR count). The van der Waals surface area contributed by atoms with Gasteiger partial charge in [0.25, 0.3) is 0 Å². The van der Waals surface area contributed by atoms with Gasteiger partial charge < -0.3 is 10.1 Å². The molecule has 0 N–H and O–H groups in total. The number of hydrogen-bond donors (Lipinski definition) is 0. The van der Waals surface area contributed by atoms with Crippen LogP contribution in [0.2, 0.25) is 0 Å². The fraction of sp³-hybridized carbons (Fsp3) is 0.800. The molecule has 0 bridgehead atoms. The monoisotopic (exact) mass is 101 g/mol. The maximum Gasteiger partial charge on any atom is 0.0473 e. The molecule has 43 valence electrons. The van der Waals surface area contributed by atoms with Crippen molar-refractivity contribution in [3.63, 3.8) is 0 Å². The first kappa shape index (κ1) is 6.92. The Balaban J connectivity index is 2.45. The summed E-state index contributed by atoms with van der Waals surface area (Å²) in [6.07, 6.45) is 0.986. The first-order valence-corrected chi connectivity index (χ1v) is 2.33. The van der Waals surface area contributed by atoms with Crippen LogP contribution in [0.4, 0.5) is 0 Å². The molecule has 0 saturated heterocycles. The third-order valence-electron chi connectivity index (χ3n) is 0.665. The van der Waals surface area contributed by atoms with Crippen molar-refractivity contribution in [2.45, 2.75) is 6.42 Å². The van der Waals surface area contributed by atoms with Crippen molar-refractivity contribution in [2.75, 3.05) is 20.3 Å². The fourth-order valence-corrected chi connectivity index (χ4v) is 0.321. The molecule has 0 saturated carbocycles. The lowest BCUT2D eigenvalue weighted by Crippen LogP contribution is -2.00. The van der Waals surface area contributed by atoms with Gasteiger partial charge in [0.2, 0.25) is 0 Å². The SMILES string of the molecule is [CH2-][N]CCCOC. The lowest BCUT2D eigenvalue weighted by molar-refractivity contribution is 0.195. The van der Waals surface area contributed by atoms with Gasteiger partial charge in [-0.25, -0.2) is 0 Å². The average molecular weight is 101 g/mol. The Morgan fingerprint density at radius 2 is 2.43 bits per heavy atom. The first-order chi connectivity index (χ1) is 3.41. The Kier molecular flexibility index (Phi) is 5.85. The number of rotatable bonds is 4. The van der Waals surface area contributed by atoms with Gasteiger partial charge in [0.15, 0.2) is 0 Å². The minimum Gasteiger partial charge on any atom is -0.424 e. The molecule has 0 atom stereocenters. The van der Waals surface area contributed by atoms with Gasteiger partial charge in [-0.2, -0.15) is 0 Å². The number of ether oxygens (including phenoxy) is 1. The number of hydrogen-bond acceptors (Lipinski definition) is 1. The van der Waals surface area contributed by atoms with Crippen LogP contribution in [0.5, 0.6) is 0 Å². The van der Waals surface area contributed by atoms with Gasteiger partial charge in [-0.15, -0.1) is 0 Å². The molecule has 0 spiro atoms. The third-order valence-corrected chi connectivity index (χ3v) is 0.665. The van der Waals surface area contributed by atoms with Crippen molar-refractivity contribution < 1.29 is 4.74 Å². The van der Waals surface area contributed by atoms with E-state index in [1.165, 1.54) is 0 Å². The Bertz CT molecular complexity index is 27.3. The normalized spacial score (nSPS) is 9.43. The highest BCUT2D eigenvalue weighted by Crippen LogP contribution is 1.75. The summed E-state index contributed by atoms with van der Waals surface area (Å²) >= 11 is 0. The van der Waals surface area contributed by atoms with Crippen LogP contribution in [0.3, 0.4) is 0 Å². The van der Waals surface area contributed by atoms with Gasteiger partial charge in [0, 0.05) is 13.7 Å². The fourth-order valence-electron chi connectivity index (χ4n) is 0.321. The van der Waals surface area contributed by atoms with Gasteiger partial charge in [-0.3, -0.25) is 7.05 Å². The van der Waals surface area contributed by atoms with Gasteiger partial charge >= 0.3 is 0 Å². The summed E-state index contributed by atoms with van der Waals surface area (Å²) in [5.74, 6) is 0. The van der Waals surface area contributed by atoms with E-state index in [9.17, 15) is 0 Å². The van der Waals surface area contributed by atoms with Crippen molar-refractivity contribution in [3.8, 4) is 0 Å². The molecule has 0 aliphatic rings. The van der Waals surface area contributed by atoms with E-state index in [-0.39, 0.29) is 0 Å². The van der Waals surface area contributed by atoms with E-state index in [4.69, 9.17) is 4.74 Å². The largest absolute Gasteiger partial charge is 0.424 e. The van der Waals surface area contributed by atoms with E-state index in [2.05, 4.69) is 12.4 Å². The van der Waals surface area contributed by atoms with E-state index in [1.54, 1.807) is 7.11 Å². The number of methoxy groups -OCH3 is 1. The minimum atomic E-state index is 0.791. The first-order valence-electron chi connectivity index (χ1n) is 2.33. The molecule has 0 fully saturated rings. The highest BCUT2D eigenvalue weighted by Gasteiger charge is 1.76. The van der Waals surface area contributed by atoms with Crippen molar-refractivity contribution >= 4 is 0 Å². The molecule has 0 unspecified atom stereocenters. The summed E-state index contributed by atoms with van der Waals surface area (Å²) in [6, 6.07) is 0. The van der Waals surface area contributed by atoms with Crippen LogP contribution in [-0.2, 0) is 4.74 Å². The molecule has 2 nitrogen and oxygen atoms in total. The molecule has 0 aromatic heterocycles. The van der Waals surface area contributed by atoms with E-state index < -0.39 is 0 Å². The smallest absolute Gasteiger partial charge is 0.0473 e. The molecule has 7 heavy (non-hydrogen) atoms. The lowest BCUT2D eigenvalue weighted by Gasteiger charge is -1.98. The van der Waals surface area contributed by atoms with E-state index in [0.29, 0.717) is 0 Å². The average Bonchev–Trinajstić information content (AvgIpc) is 1.69. The quantitative estimate of drug-likeness (QED) is 0.372. The Morgan fingerprint density at radius 1 is 1.71 bits per heavy atom. The molecule has 0 heterocycles. The summed E-state index contributed by atoms with van der Waals surface area (Å²) in [4.78, 5) is 0. The van der Waals surface area contributed by atoms with E-state index in [1.807, 2.05) is 0 Å². The Labute approximate surface area is 44.9 Å². The van der Waals surface area contributed by atoms with Crippen molar-refractivity contribution in [3.05, 3.63) is 7.05 Å². The summed E-state index contributed by atoms with van der Waals surface area (Å²) in [7, 11) is 5.01. The summed E-state index contributed by atoms with van der Waals surface area (Å²) in [5.41, 5.74) is 0. The molecule has 0 amide bonds. The molecule has 0 aromatic rings. The van der Waals surface area contributed by atoms with Crippen molar-refractivity contribution in [1.82, 2.24) is 5.32 Å². The van der Waals surface area contributed by atoms with Crippen LogP contribution < -0.4 is 5.32 Å². The van der Waals surface area contributed by atoms with Crippen LogP contribution in [0, 0.1) is 7.05 Å². The Morgan fingerprint density at radius 3 is 2.86 bits per heavy atom. The predicted molar refractivity (Wildman–Crippen MR) is 28.9 cm³/mol. The zero-order chi connectivity index (χ0) is 5.54.